The summed E-state index contributed by atoms with van der Waals surface area (Å²) < 4.78 is 48.7. The largest absolute Gasteiger partial charge is 0.495 e. The molecule has 2 N–H and O–H groups in total. The van der Waals surface area contributed by atoms with Crippen LogP contribution in [0.2, 0.25) is 0 Å². The zero-order chi connectivity index (χ0) is 21.4. The first-order valence-electron chi connectivity index (χ1n) is 9.08. The van der Waals surface area contributed by atoms with Gasteiger partial charge in [0.25, 0.3) is 0 Å². The van der Waals surface area contributed by atoms with E-state index in [2.05, 4.69) is 9.98 Å². The van der Waals surface area contributed by atoms with Gasteiger partial charge in [0.1, 0.15) is 34.8 Å². The van der Waals surface area contributed by atoms with Crippen LogP contribution in [-0.2, 0) is 12.0 Å². The number of carbonyl (C=O) groups is 1. The molecule has 1 aromatic carbocycles. The molecule has 0 fully saturated rings. The molecule has 154 valence electrons. The van der Waals surface area contributed by atoms with Crippen molar-refractivity contribution in [2.24, 2.45) is 10.7 Å². The van der Waals surface area contributed by atoms with Crippen molar-refractivity contribution in [1.29, 1.82) is 0 Å². The predicted octanol–water partition coefficient (Wildman–Crippen LogP) is 3.70. The zero-order valence-electron chi connectivity index (χ0n) is 16.4. The Labute approximate surface area is 166 Å². The number of aliphatic imine (C=N–C) groups is 1. The third kappa shape index (κ3) is 3.97. The van der Waals surface area contributed by atoms with Gasteiger partial charge in [-0.1, -0.05) is 6.07 Å². The van der Waals surface area contributed by atoms with E-state index in [0.29, 0.717) is 11.3 Å². The second kappa shape index (κ2) is 7.50. The van der Waals surface area contributed by atoms with Crippen LogP contribution in [0, 0.1) is 5.82 Å². The fraction of sp³-hybridized carbons (Fsp3) is 0.381. The lowest BCUT2D eigenvalue weighted by Crippen LogP contribution is -2.51. The second-order valence-corrected chi connectivity index (χ2v) is 7.51. The summed E-state index contributed by atoms with van der Waals surface area (Å²) in [5, 5.41) is 0. The molecule has 2 aromatic rings. The standard InChI is InChI=1S/C21H22F3N3O2/c1-20(24)10-18(23)21(2,27-19(20)25)14-8-12(4-6-15(14)22)9-17(28)16-7-5-13(29-3)11-26-16/h4-8,11,18H,9-10H2,1-3H3,(H2,25,27)/t18-,20+,21+/m0/s1. The van der Waals surface area contributed by atoms with Gasteiger partial charge in [0.2, 0.25) is 0 Å². The van der Waals surface area contributed by atoms with E-state index in [4.69, 9.17) is 10.5 Å². The molecule has 0 spiro atoms. The van der Waals surface area contributed by atoms with Gasteiger partial charge in [-0.15, -0.1) is 0 Å². The highest BCUT2D eigenvalue weighted by molar-refractivity contribution is 5.95. The lowest BCUT2D eigenvalue weighted by molar-refractivity contribution is 0.0988. The Hall–Kier alpha value is -2.90. The Morgan fingerprint density at radius 1 is 1.31 bits per heavy atom. The molecule has 5 nitrogen and oxygen atoms in total. The van der Waals surface area contributed by atoms with Crippen LogP contribution < -0.4 is 10.5 Å². The number of pyridine rings is 1. The summed E-state index contributed by atoms with van der Waals surface area (Å²) in [6.45, 7) is 2.51. The summed E-state index contributed by atoms with van der Waals surface area (Å²) in [6.07, 6.45) is -0.962. The maximum atomic E-state index is 14.8. The number of hydrogen-bond donors (Lipinski definition) is 1. The Bertz CT molecular complexity index is 960. The second-order valence-electron chi connectivity index (χ2n) is 7.51. The van der Waals surface area contributed by atoms with Gasteiger partial charge in [0, 0.05) is 18.4 Å². The van der Waals surface area contributed by atoms with Crippen molar-refractivity contribution in [3.05, 3.63) is 59.2 Å². The number of hydrogen-bond acceptors (Lipinski definition) is 5. The average Bonchev–Trinajstić information content (AvgIpc) is 2.67. The number of amidine groups is 1. The number of halogens is 3. The van der Waals surface area contributed by atoms with Crippen molar-refractivity contribution in [2.45, 2.75) is 44.1 Å². The van der Waals surface area contributed by atoms with Crippen LogP contribution in [0.5, 0.6) is 5.75 Å². The van der Waals surface area contributed by atoms with E-state index in [-0.39, 0.29) is 29.3 Å². The number of rotatable bonds is 5. The number of aromatic nitrogens is 1. The van der Waals surface area contributed by atoms with Crippen LogP contribution in [0.25, 0.3) is 0 Å². The molecule has 0 aliphatic carbocycles. The Balaban J connectivity index is 1.92. The molecule has 1 aliphatic heterocycles. The fourth-order valence-electron chi connectivity index (χ4n) is 3.32. The molecule has 2 heterocycles. The van der Waals surface area contributed by atoms with Crippen LogP contribution in [-0.4, -0.2) is 35.6 Å². The number of alkyl halides is 2. The van der Waals surface area contributed by atoms with E-state index in [0.717, 1.165) is 13.0 Å². The number of ether oxygens (including phenoxy) is 1. The highest BCUT2D eigenvalue weighted by Crippen LogP contribution is 2.42. The van der Waals surface area contributed by atoms with Crippen molar-refractivity contribution in [3.63, 3.8) is 0 Å². The Morgan fingerprint density at radius 3 is 2.66 bits per heavy atom. The molecular weight excluding hydrogens is 383 g/mol. The Morgan fingerprint density at radius 2 is 2.03 bits per heavy atom. The molecule has 3 rings (SSSR count). The molecule has 1 aromatic heterocycles. The first-order valence-corrected chi connectivity index (χ1v) is 9.08. The van der Waals surface area contributed by atoms with Crippen molar-refractivity contribution < 1.29 is 22.7 Å². The van der Waals surface area contributed by atoms with Crippen molar-refractivity contribution in [3.8, 4) is 5.75 Å². The van der Waals surface area contributed by atoms with Crippen molar-refractivity contribution in [2.75, 3.05) is 7.11 Å². The van der Waals surface area contributed by atoms with E-state index >= 15 is 0 Å². The maximum absolute atomic E-state index is 14.8. The number of nitrogens with zero attached hydrogens (tertiary/aromatic N) is 2. The number of methoxy groups -OCH3 is 1. The van der Waals surface area contributed by atoms with E-state index in [1.807, 2.05) is 0 Å². The molecule has 1 aliphatic rings. The summed E-state index contributed by atoms with van der Waals surface area (Å²) in [6, 6.07) is 7.09. The number of carbonyl (C=O) groups excluding carboxylic acids is 1. The smallest absolute Gasteiger partial charge is 0.185 e. The summed E-state index contributed by atoms with van der Waals surface area (Å²) in [7, 11) is 1.49. The Kier molecular flexibility index (Phi) is 5.38. The molecule has 0 saturated heterocycles. The van der Waals surface area contributed by atoms with Crippen LogP contribution >= 0.6 is 0 Å². The van der Waals surface area contributed by atoms with E-state index in [9.17, 15) is 18.0 Å². The van der Waals surface area contributed by atoms with Gasteiger partial charge >= 0.3 is 0 Å². The number of Topliss-reactive ketones (excluding diaryl/α,β-unsaturated/α-hetero) is 1. The lowest BCUT2D eigenvalue weighted by atomic mass is 9.78. The highest BCUT2D eigenvalue weighted by Gasteiger charge is 2.49. The average molecular weight is 405 g/mol. The molecule has 0 radical (unpaired) electrons. The van der Waals surface area contributed by atoms with Crippen molar-refractivity contribution in [1.82, 2.24) is 4.98 Å². The van der Waals surface area contributed by atoms with E-state index < -0.39 is 29.6 Å². The van der Waals surface area contributed by atoms with Gasteiger partial charge in [0.15, 0.2) is 11.5 Å². The minimum Gasteiger partial charge on any atom is -0.495 e. The SMILES string of the molecule is COc1ccc(C(=O)Cc2ccc(F)c([C@@]3(C)N=C(N)[C@](C)(F)C[C@@H]3F)c2)nc1. The first-order chi connectivity index (χ1) is 13.6. The molecule has 0 saturated carbocycles. The monoisotopic (exact) mass is 405 g/mol. The summed E-state index contributed by atoms with van der Waals surface area (Å²) in [5.74, 6) is -0.861. The van der Waals surface area contributed by atoms with E-state index in [1.54, 1.807) is 6.07 Å². The number of nitrogens with two attached hydrogens (primary N) is 1. The molecule has 29 heavy (non-hydrogen) atoms. The topological polar surface area (TPSA) is 77.6 Å². The lowest BCUT2D eigenvalue weighted by Gasteiger charge is -2.39. The quantitative estimate of drug-likeness (QED) is 0.770. The normalized spacial score (nSPS) is 26.7. The molecule has 0 bridgehead atoms. The van der Waals surface area contributed by atoms with Gasteiger partial charge < -0.3 is 10.5 Å². The molecule has 0 amide bonds. The van der Waals surface area contributed by atoms with Gasteiger partial charge in [-0.3, -0.25) is 9.79 Å². The third-order valence-corrected chi connectivity index (χ3v) is 5.26. The molecular formula is C21H22F3N3O2. The fourth-order valence-corrected chi connectivity index (χ4v) is 3.32. The van der Waals surface area contributed by atoms with Gasteiger partial charge in [-0.05, 0) is 43.7 Å². The van der Waals surface area contributed by atoms with Crippen LogP contribution in [0.15, 0.2) is 41.5 Å². The van der Waals surface area contributed by atoms with Gasteiger partial charge in [0.05, 0.1) is 13.3 Å². The van der Waals surface area contributed by atoms with Gasteiger partial charge in [-0.25, -0.2) is 18.2 Å². The minimum atomic E-state index is -2.09. The predicted molar refractivity (Wildman–Crippen MR) is 103 cm³/mol. The van der Waals surface area contributed by atoms with Gasteiger partial charge in [-0.2, -0.15) is 0 Å². The molecule has 3 atom stereocenters. The first kappa shape index (κ1) is 20.8. The number of benzene rings is 1. The van der Waals surface area contributed by atoms with E-state index in [1.165, 1.54) is 38.4 Å². The van der Waals surface area contributed by atoms with Crippen LogP contribution in [0.3, 0.4) is 0 Å². The number of ketones is 1. The third-order valence-electron chi connectivity index (χ3n) is 5.26. The minimum absolute atomic E-state index is 0.0698. The van der Waals surface area contributed by atoms with Crippen molar-refractivity contribution >= 4 is 11.6 Å². The summed E-state index contributed by atoms with van der Waals surface area (Å²) >= 11 is 0. The molecule has 8 heteroatoms. The van der Waals surface area contributed by atoms with Crippen LogP contribution in [0.1, 0.15) is 41.9 Å². The summed E-state index contributed by atoms with van der Waals surface area (Å²) in [5.41, 5.74) is 2.50. The maximum Gasteiger partial charge on any atom is 0.185 e. The summed E-state index contributed by atoms with van der Waals surface area (Å²) in [4.78, 5) is 20.5. The highest BCUT2D eigenvalue weighted by atomic mass is 19.2. The van der Waals surface area contributed by atoms with Crippen LogP contribution in [0.4, 0.5) is 13.2 Å². The zero-order valence-corrected chi connectivity index (χ0v) is 16.4. The molecule has 0 unspecified atom stereocenters.